The van der Waals surface area contributed by atoms with E-state index in [-0.39, 0.29) is 29.3 Å². The Labute approximate surface area is 198 Å². The van der Waals surface area contributed by atoms with Crippen LogP contribution in [0.2, 0.25) is 0 Å². The molecule has 184 valence electrons. The molecule has 2 aliphatic carbocycles. The molecule has 0 spiro atoms. The highest BCUT2D eigenvalue weighted by Gasteiger charge is 2.44. The van der Waals surface area contributed by atoms with E-state index in [1.807, 2.05) is 32.5 Å². The molecule has 0 aromatic rings. The van der Waals surface area contributed by atoms with Crippen molar-refractivity contribution < 1.29 is 9.59 Å². The summed E-state index contributed by atoms with van der Waals surface area (Å²) in [6, 6.07) is -0.694. The van der Waals surface area contributed by atoms with Crippen LogP contribution in [0.1, 0.15) is 79.1 Å². The van der Waals surface area contributed by atoms with Gasteiger partial charge in [0.1, 0.15) is 12.1 Å². The van der Waals surface area contributed by atoms with Gasteiger partial charge in [-0.15, -0.1) is 0 Å². The third-order valence-electron chi connectivity index (χ3n) is 7.28. The minimum atomic E-state index is -0.501. The van der Waals surface area contributed by atoms with Crippen LogP contribution in [0, 0.1) is 11.3 Å². The fourth-order valence-corrected chi connectivity index (χ4v) is 6.64. The maximum absolute atomic E-state index is 13.8. The van der Waals surface area contributed by atoms with Gasteiger partial charge in [0.05, 0.1) is 0 Å². The Morgan fingerprint density at radius 1 is 1.12 bits per heavy atom. The van der Waals surface area contributed by atoms with Gasteiger partial charge in [-0.1, -0.05) is 40.5 Å². The van der Waals surface area contributed by atoms with Crippen LogP contribution in [-0.2, 0) is 9.59 Å². The number of likely N-dealkylation sites (tertiary alicyclic amines) is 1. The second kappa shape index (κ2) is 11.1. The number of hydrogen-bond acceptors (Lipinski definition) is 6. The van der Waals surface area contributed by atoms with Gasteiger partial charge in [0, 0.05) is 30.4 Å². The lowest BCUT2D eigenvalue weighted by atomic mass is 9.85. The van der Waals surface area contributed by atoms with E-state index in [2.05, 4.69) is 12.2 Å². The molecule has 0 aromatic heterocycles. The topological polar surface area (TPSA) is 105 Å². The summed E-state index contributed by atoms with van der Waals surface area (Å²) in [7, 11) is 0. The molecule has 32 heavy (non-hydrogen) atoms. The van der Waals surface area contributed by atoms with E-state index in [0.29, 0.717) is 24.3 Å². The van der Waals surface area contributed by atoms with E-state index >= 15 is 0 Å². The smallest absolute Gasteiger partial charge is 0.243 e. The highest BCUT2D eigenvalue weighted by atomic mass is 32.2. The summed E-state index contributed by atoms with van der Waals surface area (Å²) >= 11 is 1.95. The number of rotatable bonds is 9. The zero-order valence-electron chi connectivity index (χ0n) is 20.5. The van der Waals surface area contributed by atoms with Crippen LogP contribution >= 0.6 is 11.8 Å². The van der Waals surface area contributed by atoms with Gasteiger partial charge in [0.2, 0.25) is 11.8 Å². The molecule has 1 heterocycles. The number of amides is 2. The van der Waals surface area contributed by atoms with Crippen molar-refractivity contribution in [2.45, 2.75) is 108 Å². The fourth-order valence-electron chi connectivity index (χ4n) is 5.45. The van der Waals surface area contributed by atoms with Crippen molar-refractivity contribution >= 4 is 23.6 Å². The molecule has 2 saturated carbocycles. The van der Waals surface area contributed by atoms with Gasteiger partial charge in [-0.05, 0) is 55.6 Å². The molecule has 0 radical (unpaired) electrons. The molecule has 1 aliphatic heterocycles. The quantitative estimate of drug-likeness (QED) is 0.355. The molecular formula is C24H45N5O2S. The molecule has 3 unspecified atom stereocenters. The first-order valence-corrected chi connectivity index (χ1v) is 13.7. The molecule has 2 amide bonds. The number of hydrogen-bond donors (Lipinski definition) is 3. The summed E-state index contributed by atoms with van der Waals surface area (Å²) in [6.45, 7) is 9.41. The first-order valence-electron chi connectivity index (χ1n) is 12.6. The molecule has 0 aromatic carbocycles. The summed E-state index contributed by atoms with van der Waals surface area (Å²) in [5, 5.41) is 5.45. The van der Waals surface area contributed by atoms with E-state index < -0.39 is 12.1 Å². The van der Waals surface area contributed by atoms with Crippen molar-refractivity contribution in [1.82, 2.24) is 15.2 Å². The van der Waals surface area contributed by atoms with Gasteiger partial charge in [0.15, 0.2) is 0 Å². The van der Waals surface area contributed by atoms with E-state index in [4.69, 9.17) is 11.6 Å². The summed E-state index contributed by atoms with van der Waals surface area (Å²) in [5.41, 5.74) is 5.96. The van der Waals surface area contributed by atoms with Crippen molar-refractivity contribution in [2.75, 3.05) is 18.8 Å². The molecule has 5 atom stereocenters. The van der Waals surface area contributed by atoms with E-state index in [1.165, 1.54) is 6.42 Å². The number of thioether (sulfide) groups is 1. The van der Waals surface area contributed by atoms with Crippen molar-refractivity contribution in [3.05, 3.63) is 0 Å². The maximum atomic E-state index is 13.8. The number of hydrazine groups is 1. The predicted molar refractivity (Wildman–Crippen MR) is 132 cm³/mol. The second-order valence-electron chi connectivity index (χ2n) is 11.0. The van der Waals surface area contributed by atoms with Gasteiger partial charge in [-0.2, -0.15) is 11.8 Å². The van der Waals surface area contributed by atoms with E-state index in [9.17, 15) is 9.59 Å². The van der Waals surface area contributed by atoms with Gasteiger partial charge in [0.25, 0.3) is 0 Å². The van der Waals surface area contributed by atoms with Crippen molar-refractivity contribution in [1.29, 1.82) is 0 Å². The Balaban J connectivity index is 1.68. The molecular weight excluding hydrogens is 422 g/mol. The number of nitrogens with zero attached hydrogens (tertiary/aromatic N) is 2. The number of carbonyl (C=O) groups is 2. The standard InChI is InChI=1S/C24H45N5O2S/c1-5-32-20-11-7-6-9-18(20)27-22(30)19-10-8-14-28(19)23(31)21(24(2,3)4)29(26)15-17(25)16-12-13-16/h16-21H,5-15,25-26H2,1-4H3,(H,27,30)/t17?,18?,19-,20?,21+/m0/s1. The fraction of sp³-hybridized carbons (Fsp3) is 0.917. The molecule has 3 rings (SSSR count). The Kier molecular flexibility index (Phi) is 8.92. The molecule has 1 saturated heterocycles. The second-order valence-corrected chi connectivity index (χ2v) is 12.6. The summed E-state index contributed by atoms with van der Waals surface area (Å²) in [4.78, 5) is 28.9. The zero-order valence-corrected chi connectivity index (χ0v) is 21.3. The lowest BCUT2D eigenvalue weighted by molar-refractivity contribution is -0.146. The van der Waals surface area contributed by atoms with E-state index in [1.54, 1.807) is 9.91 Å². The van der Waals surface area contributed by atoms with Crippen LogP contribution in [0.25, 0.3) is 0 Å². The molecule has 0 bridgehead atoms. The number of nitrogens with two attached hydrogens (primary N) is 2. The lowest BCUT2D eigenvalue weighted by Crippen LogP contribution is -2.62. The van der Waals surface area contributed by atoms with Crippen molar-refractivity contribution in [3.8, 4) is 0 Å². The van der Waals surface area contributed by atoms with Crippen LogP contribution in [0.5, 0.6) is 0 Å². The Morgan fingerprint density at radius 3 is 2.44 bits per heavy atom. The zero-order chi connectivity index (χ0) is 23.5. The van der Waals surface area contributed by atoms with Crippen LogP contribution in [0.4, 0.5) is 0 Å². The van der Waals surface area contributed by atoms with Crippen LogP contribution in [0.3, 0.4) is 0 Å². The number of carbonyl (C=O) groups excluding carboxylic acids is 2. The first kappa shape index (κ1) is 25.8. The van der Waals surface area contributed by atoms with Crippen LogP contribution < -0.4 is 16.9 Å². The normalized spacial score (nSPS) is 28.6. The number of nitrogens with one attached hydrogen (secondary N) is 1. The SMILES string of the molecule is CCSC1CCCCC1NC(=O)[C@@H]1CCCN1C(=O)[C@@H](N(N)CC(N)C1CC1)C(C)(C)C. The largest absolute Gasteiger partial charge is 0.350 e. The minimum Gasteiger partial charge on any atom is -0.350 e. The molecule has 3 aliphatic rings. The summed E-state index contributed by atoms with van der Waals surface area (Å²) in [5.74, 6) is 8.02. The van der Waals surface area contributed by atoms with E-state index in [0.717, 1.165) is 50.7 Å². The molecule has 8 heteroatoms. The molecule has 3 fully saturated rings. The average Bonchev–Trinajstić information content (AvgIpc) is 3.45. The van der Waals surface area contributed by atoms with Gasteiger partial charge in [-0.25, -0.2) is 5.01 Å². The summed E-state index contributed by atoms with van der Waals surface area (Å²) in [6.07, 6.45) is 8.46. The Morgan fingerprint density at radius 2 is 1.81 bits per heavy atom. The predicted octanol–water partition coefficient (Wildman–Crippen LogP) is 2.49. The monoisotopic (exact) mass is 467 g/mol. The van der Waals surface area contributed by atoms with Gasteiger partial charge in [-0.3, -0.25) is 15.4 Å². The summed E-state index contributed by atoms with van der Waals surface area (Å²) < 4.78 is 0. The maximum Gasteiger partial charge on any atom is 0.243 e. The third kappa shape index (κ3) is 6.39. The van der Waals surface area contributed by atoms with Crippen LogP contribution in [-0.4, -0.2) is 70.0 Å². The Hall–Kier alpha value is -0.830. The van der Waals surface area contributed by atoms with Crippen LogP contribution in [0.15, 0.2) is 0 Å². The highest BCUT2D eigenvalue weighted by Crippen LogP contribution is 2.34. The molecule has 7 nitrogen and oxygen atoms in total. The van der Waals surface area contributed by atoms with Crippen molar-refractivity contribution in [3.63, 3.8) is 0 Å². The lowest BCUT2D eigenvalue weighted by Gasteiger charge is -2.41. The highest BCUT2D eigenvalue weighted by molar-refractivity contribution is 7.99. The van der Waals surface area contributed by atoms with Gasteiger partial charge >= 0.3 is 0 Å². The first-order chi connectivity index (χ1) is 15.1. The third-order valence-corrected chi connectivity index (χ3v) is 8.61. The van der Waals surface area contributed by atoms with Gasteiger partial charge < -0.3 is 16.0 Å². The Bertz CT molecular complexity index is 649. The average molecular weight is 468 g/mol. The molecule has 5 N–H and O–H groups in total. The van der Waals surface area contributed by atoms with Crippen molar-refractivity contribution in [2.24, 2.45) is 22.9 Å². The minimum absolute atomic E-state index is 0.00498.